The van der Waals surface area contributed by atoms with Crippen molar-refractivity contribution in [3.8, 4) is 0 Å². The van der Waals surface area contributed by atoms with Crippen molar-refractivity contribution in [1.29, 1.82) is 0 Å². The summed E-state index contributed by atoms with van der Waals surface area (Å²) in [4.78, 5) is 0. The van der Waals surface area contributed by atoms with Crippen LogP contribution < -0.4 is 17.0 Å². The molecule has 0 amide bonds. The Morgan fingerprint density at radius 3 is 0.852 bits per heavy atom. The molecule has 2 saturated carbocycles. The van der Waals surface area contributed by atoms with E-state index in [1.54, 1.807) is 11.3 Å². The van der Waals surface area contributed by atoms with E-state index in [1.165, 1.54) is 0 Å². The molecule has 5 heteroatoms. The molecule has 156 valence electrons. The van der Waals surface area contributed by atoms with Gasteiger partial charge in [-0.25, -0.2) is 0 Å². The van der Waals surface area contributed by atoms with Gasteiger partial charge in [-0.2, -0.15) is 0 Å². The van der Waals surface area contributed by atoms with Crippen LogP contribution in [0.4, 0.5) is 0 Å². The van der Waals surface area contributed by atoms with E-state index in [0.29, 0.717) is 0 Å². The molecule has 0 unspecified atom stereocenters. The summed E-state index contributed by atoms with van der Waals surface area (Å²) >= 11 is 0. The molecule has 0 aromatic heterocycles. The van der Waals surface area contributed by atoms with E-state index < -0.39 is 0 Å². The molecule has 0 saturated heterocycles. The first-order valence-corrected chi connectivity index (χ1v) is 12.2. The quantitative estimate of drug-likeness (QED) is 0.298. The largest absolute Gasteiger partial charge is 2.00 e. The van der Waals surface area contributed by atoms with Gasteiger partial charge in [0.1, 0.15) is 0 Å². The predicted octanol–water partition coefficient (Wildman–Crippen LogP) is 4.29. The second kappa shape index (κ2) is 18.2. The van der Waals surface area contributed by atoms with Gasteiger partial charge in [0.05, 0.1) is 0 Å². The first-order chi connectivity index (χ1) is 11.3. The average Bonchev–Trinajstić information content (AvgIpc) is 3.11. The summed E-state index contributed by atoms with van der Waals surface area (Å²) in [5, 5.41) is 0. The van der Waals surface area contributed by atoms with Crippen LogP contribution in [0.15, 0.2) is 0 Å². The van der Waals surface area contributed by atoms with Crippen LogP contribution in [-0.2, 0) is 39.9 Å². The number of hydrogen-bond donors (Lipinski definition) is 0. The van der Waals surface area contributed by atoms with Gasteiger partial charge in [-0.05, 0) is 74.0 Å². The van der Waals surface area contributed by atoms with Crippen LogP contribution in [0.5, 0.6) is 0 Å². The third-order valence-electron chi connectivity index (χ3n) is 4.11. The van der Waals surface area contributed by atoms with Gasteiger partial charge in [0, 0.05) is 11.3 Å². The minimum atomic E-state index is 0. The Morgan fingerprint density at radius 1 is 0.519 bits per heavy atom. The summed E-state index contributed by atoms with van der Waals surface area (Å²) in [6.45, 7) is 18.7. The third-order valence-corrected chi connectivity index (χ3v) is 10.4. The zero-order chi connectivity index (χ0) is 18.3. The number of halogens is 1. The van der Waals surface area contributed by atoms with E-state index in [9.17, 15) is 0 Å². The minimum absolute atomic E-state index is 0. The molecule has 10 radical (unpaired) electrons. The summed E-state index contributed by atoms with van der Waals surface area (Å²) in [6.07, 6.45) is 17.7. The maximum absolute atomic E-state index is 2.33. The molecule has 0 nitrogen and oxygen atoms in total. The van der Waals surface area contributed by atoms with Crippen LogP contribution in [0.25, 0.3) is 0 Å². The zero-order valence-corrected chi connectivity index (χ0v) is 24.5. The predicted molar refractivity (Wildman–Crippen MR) is 115 cm³/mol. The van der Waals surface area contributed by atoms with Gasteiger partial charge < -0.3 is 17.0 Å². The molecule has 0 spiro atoms. The molecule has 2 aliphatic carbocycles. The molecule has 0 aliphatic heterocycles. The molecule has 0 N–H and O–H groups in total. The van der Waals surface area contributed by atoms with Crippen LogP contribution in [0.1, 0.15) is 55.4 Å². The Morgan fingerprint density at radius 2 is 0.704 bits per heavy atom. The topological polar surface area (TPSA) is 0 Å². The SMILES string of the molecule is CC(C)P([C]1[CH][CH][CH][CH]1)C(C)C.CC(C)P([C]1[CH][CH][CH][CH]1)C(C)C.[Br-].[Pd+2].[Ru+2]. The van der Waals surface area contributed by atoms with Crippen LogP contribution in [0, 0.1) is 62.7 Å². The van der Waals surface area contributed by atoms with Crippen molar-refractivity contribution in [3.63, 3.8) is 0 Å². The van der Waals surface area contributed by atoms with Crippen molar-refractivity contribution < 1.29 is 56.9 Å². The van der Waals surface area contributed by atoms with E-state index in [0.717, 1.165) is 22.6 Å². The Labute approximate surface area is 212 Å². The van der Waals surface area contributed by atoms with Crippen LogP contribution >= 0.6 is 15.8 Å². The smallest absolute Gasteiger partial charge is 1.00 e. The summed E-state index contributed by atoms with van der Waals surface area (Å²) in [7, 11) is 0.127. The van der Waals surface area contributed by atoms with E-state index in [4.69, 9.17) is 0 Å². The molecule has 2 rings (SSSR count). The summed E-state index contributed by atoms with van der Waals surface area (Å²) in [5.41, 5.74) is 6.36. The number of rotatable bonds is 6. The van der Waals surface area contributed by atoms with Crippen molar-refractivity contribution in [1.82, 2.24) is 0 Å². The van der Waals surface area contributed by atoms with Crippen molar-refractivity contribution >= 4 is 15.8 Å². The molecule has 0 bridgehead atoms. The van der Waals surface area contributed by atoms with Gasteiger partial charge in [-0.1, -0.05) is 71.2 Å². The van der Waals surface area contributed by atoms with E-state index in [-0.39, 0.29) is 72.7 Å². The molecule has 0 heterocycles. The second-order valence-electron chi connectivity index (χ2n) is 7.48. The Hall–Kier alpha value is 2.63. The zero-order valence-electron chi connectivity index (χ0n) is 17.9. The maximum Gasteiger partial charge on any atom is 2.00 e. The summed E-state index contributed by atoms with van der Waals surface area (Å²) in [6, 6.07) is 0. The summed E-state index contributed by atoms with van der Waals surface area (Å²) in [5.74, 6) is 0. The van der Waals surface area contributed by atoms with Crippen molar-refractivity contribution in [3.05, 3.63) is 62.7 Å². The van der Waals surface area contributed by atoms with E-state index >= 15 is 0 Å². The van der Waals surface area contributed by atoms with Gasteiger partial charge in [-0.15, -0.1) is 0 Å². The minimum Gasteiger partial charge on any atom is -1.00 e. The van der Waals surface area contributed by atoms with Gasteiger partial charge in [0.25, 0.3) is 0 Å². The molecule has 2 aliphatic rings. The van der Waals surface area contributed by atoms with Gasteiger partial charge in [-0.3, -0.25) is 0 Å². The maximum atomic E-state index is 2.33. The van der Waals surface area contributed by atoms with E-state index in [2.05, 4.69) is 107 Å². The monoisotopic (exact) mass is 649 g/mol. The van der Waals surface area contributed by atoms with Gasteiger partial charge in [0.15, 0.2) is 0 Å². The van der Waals surface area contributed by atoms with Crippen LogP contribution in [-0.4, -0.2) is 22.6 Å². The molecule has 0 atom stereocenters. The number of hydrogen-bond acceptors (Lipinski definition) is 0. The Bertz CT molecular complexity index is 280. The molecule has 0 aromatic rings. The standard InChI is InChI=1S/2C11H18P.BrH.Pd.Ru/c2*1-9(2)12(10(3)4)11-7-5-6-8-11;;;/h2*5-10H,1-4H3;1H;;/q;;;2*+2/p-1. The first-order valence-electron chi connectivity index (χ1n) is 9.25. The molecule has 2 fully saturated rings. The molecular weight excluding hydrogens is 614 g/mol. The summed E-state index contributed by atoms with van der Waals surface area (Å²) < 4.78 is 0. The van der Waals surface area contributed by atoms with Crippen LogP contribution in [0.2, 0.25) is 0 Å². The van der Waals surface area contributed by atoms with Crippen molar-refractivity contribution in [2.45, 2.75) is 78.0 Å². The fourth-order valence-corrected chi connectivity index (χ4v) is 9.26. The molecule has 27 heavy (non-hydrogen) atoms. The Balaban J connectivity index is -0.000000384. The van der Waals surface area contributed by atoms with Gasteiger partial charge in [0.2, 0.25) is 0 Å². The first kappa shape index (κ1) is 34.2. The van der Waals surface area contributed by atoms with Crippen molar-refractivity contribution in [2.75, 3.05) is 0 Å². The molecule has 0 aromatic carbocycles. The third kappa shape index (κ3) is 12.3. The van der Waals surface area contributed by atoms with Crippen molar-refractivity contribution in [2.24, 2.45) is 0 Å². The van der Waals surface area contributed by atoms with E-state index in [1.807, 2.05) is 0 Å². The van der Waals surface area contributed by atoms with Gasteiger partial charge >= 0.3 is 39.9 Å². The van der Waals surface area contributed by atoms with Crippen LogP contribution in [0.3, 0.4) is 0 Å². The Kier molecular flexibility index (Phi) is 23.1. The fourth-order valence-electron chi connectivity index (χ4n) is 3.46. The molecular formula is C22H36BrP2PdRu+3. The fraction of sp³-hybridized carbons (Fsp3) is 0.545. The normalized spacial score (nSPS) is 18.0. The average molecular weight is 650 g/mol. The second-order valence-corrected chi connectivity index (χ2v) is 14.3.